The first kappa shape index (κ1) is 35.9. The normalized spacial score (nSPS) is 13.9. The minimum absolute atomic E-state index is 0.0406. The molecule has 0 unspecified atom stereocenters. The molecule has 0 bridgehead atoms. The molecule has 0 atom stereocenters. The Morgan fingerprint density at radius 3 is 1.90 bits per heavy atom. The summed E-state index contributed by atoms with van der Waals surface area (Å²) < 4.78 is 33.9. The molecule has 0 radical (unpaired) electrons. The van der Waals surface area contributed by atoms with E-state index in [2.05, 4.69) is 39.8 Å². The second kappa shape index (κ2) is 17.8. The number of carbonyl (C=O) groups excluding carboxylic acids is 2. The average molecular weight is 699 g/mol. The molecular formula is C38H42N4O5S2. The number of carbonyl (C=O) groups is 2. The molecule has 1 aliphatic rings. The van der Waals surface area contributed by atoms with Crippen molar-refractivity contribution in [1.29, 1.82) is 0 Å². The first-order chi connectivity index (χ1) is 23.8. The van der Waals surface area contributed by atoms with E-state index in [0.717, 1.165) is 12.8 Å². The van der Waals surface area contributed by atoms with Gasteiger partial charge in [0.2, 0.25) is 15.9 Å². The lowest BCUT2D eigenvalue weighted by Crippen LogP contribution is -2.49. The number of rotatable bonds is 14. The van der Waals surface area contributed by atoms with Gasteiger partial charge in [-0.3, -0.25) is 14.5 Å². The Morgan fingerprint density at radius 2 is 1.31 bits per heavy atom. The fraction of sp³-hybridized carbons (Fsp3) is 0.289. The van der Waals surface area contributed by atoms with Crippen molar-refractivity contribution >= 4 is 44.9 Å². The molecular weight excluding hydrogens is 657 g/mol. The number of hydrogen-bond acceptors (Lipinski definition) is 7. The molecule has 1 aliphatic heterocycles. The van der Waals surface area contributed by atoms with Gasteiger partial charge in [-0.1, -0.05) is 91.0 Å². The van der Waals surface area contributed by atoms with Gasteiger partial charge in [0.15, 0.2) is 5.11 Å². The lowest BCUT2D eigenvalue weighted by molar-refractivity contribution is -0.143. The monoisotopic (exact) mass is 698 g/mol. The summed E-state index contributed by atoms with van der Waals surface area (Å²) in [5.74, 6) is -0.656. The van der Waals surface area contributed by atoms with Crippen molar-refractivity contribution in [1.82, 2.24) is 14.5 Å². The summed E-state index contributed by atoms with van der Waals surface area (Å²) in [4.78, 5) is 26.9. The molecule has 0 spiro atoms. The molecule has 1 heterocycles. The van der Waals surface area contributed by atoms with Gasteiger partial charge in [0, 0.05) is 44.7 Å². The molecule has 4 aromatic carbocycles. The number of nitrogens with one attached hydrogen (secondary N) is 2. The van der Waals surface area contributed by atoms with Crippen molar-refractivity contribution < 1.29 is 22.7 Å². The van der Waals surface area contributed by atoms with Crippen LogP contribution in [0.4, 0.5) is 5.69 Å². The van der Waals surface area contributed by atoms with Crippen molar-refractivity contribution in [3.8, 4) is 0 Å². The molecule has 1 saturated heterocycles. The second-order valence-electron chi connectivity index (χ2n) is 11.9. The number of benzene rings is 4. The highest BCUT2D eigenvalue weighted by Crippen LogP contribution is 2.30. The van der Waals surface area contributed by atoms with E-state index >= 15 is 0 Å². The SMILES string of the molecule is O=C(CCCC(=O)OCCCc1ccccc1)NC(=S)Nc1ccc(S(=O)(=O)N2CCN(C(c3ccccc3)c3ccccc3)CC2)cc1. The molecule has 9 nitrogen and oxygen atoms in total. The first-order valence-electron chi connectivity index (χ1n) is 16.5. The first-order valence-corrected chi connectivity index (χ1v) is 18.4. The van der Waals surface area contributed by atoms with E-state index in [1.807, 2.05) is 66.7 Å². The highest BCUT2D eigenvalue weighted by Gasteiger charge is 2.32. The highest BCUT2D eigenvalue weighted by atomic mass is 32.2. The molecule has 0 aliphatic carbocycles. The van der Waals surface area contributed by atoms with Crippen molar-refractivity contribution in [2.75, 3.05) is 38.1 Å². The lowest BCUT2D eigenvalue weighted by Gasteiger charge is -2.39. The van der Waals surface area contributed by atoms with E-state index < -0.39 is 10.0 Å². The third-order valence-corrected chi connectivity index (χ3v) is 10.5. The van der Waals surface area contributed by atoms with Gasteiger partial charge in [-0.05, 0) is 72.4 Å². The quantitative estimate of drug-likeness (QED) is 0.0947. The number of thiocarbonyl (C=S) groups is 1. The van der Waals surface area contributed by atoms with Crippen LogP contribution in [-0.2, 0) is 30.8 Å². The number of esters is 1. The fourth-order valence-electron chi connectivity index (χ4n) is 5.87. The number of nitrogens with zero attached hydrogens (tertiary/aromatic N) is 2. The van der Waals surface area contributed by atoms with Crippen LogP contribution in [0.25, 0.3) is 0 Å². The van der Waals surface area contributed by atoms with Crippen molar-refractivity contribution in [3.63, 3.8) is 0 Å². The van der Waals surface area contributed by atoms with E-state index in [9.17, 15) is 18.0 Å². The van der Waals surface area contributed by atoms with Crippen LogP contribution in [-0.4, -0.2) is 67.4 Å². The zero-order valence-electron chi connectivity index (χ0n) is 27.4. The number of amides is 1. The van der Waals surface area contributed by atoms with Crippen molar-refractivity contribution in [2.24, 2.45) is 0 Å². The Labute approximate surface area is 294 Å². The second-order valence-corrected chi connectivity index (χ2v) is 14.2. The number of piperazine rings is 1. The van der Waals surface area contributed by atoms with Gasteiger partial charge >= 0.3 is 5.97 Å². The molecule has 1 fully saturated rings. The van der Waals surface area contributed by atoms with Gasteiger partial charge in [-0.15, -0.1) is 0 Å². The molecule has 5 rings (SSSR count). The number of hydrogen-bond donors (Lipinski definition) is 2. The van der Waals surface area contributed by atoms with Gasteiger partial charge in [0.05, 0.1) is 17.5 Å². The summed E-state index contributed by atoms with van der Waals surface area (Å²) in [6, 6.07) is 36.9. The molecule has 0 aromatic heterocycles. The lowest BCUT2D eigenvalue weighted by atomic mass is 9.96. The van der Waals surface area contributed by atoms with Crippen LogP contribution < -0.4 is 10.6 Å². The smallest absolute Gasteiger partial charge is 0.305 e. The van der Waals surface area contributed by atoms with Gasteiger partial charge < -0.3 is 15.4 Å². The molecule has 256 valence electrons. The number of anilines is 1. The average Bonchev–Trinajstić information content (AvgIpc) is 3.12. The number of aryl methyl sites for hydroxylation is 1. The van der Waals surface area contributed by atoms with E-state index in [-0.39, 0.29) is 40.8 Å². The molecule has 4 aromatic rings. The van der Waals surface area contributed by atoms with Crippen LogP contribution in [0.1, 0.15) is 48.4 Å². The molecule has 49 heavy (non-hydrogen) atoms. The Hall–Kier alpha value is -4.42. The van der Waals surface area contributed by atoms with Gasteiger partial charge in [-0.25, -0.2) is 8.42 Å². The van der Waals surface area contributed by atoms with Gasteiger partial charge in [0.25, 0.3) is 0 Å². The third-order valence-electron chi connectivity index (χ3n) is 8.37. The summed E-state index contributed by atoms with van der Waals surface area (Å²) >= 11 is 5.27. The standard InChI is InChI=1S/C38H42N4O5S2/c43-35(19-10-20-36(44)47-29-11-14-30-12-4-1-5-13-30)40-38(48)39-33-21-23-34(24-22-33)49(45,46)42-27-25-41(26-28-42)37(31-15-6-2-7-16-31)32-17-8-3-9-18-32/h1-9,12-13,15-18,21-24,37H,10-11,14,19-20,25-29H2,(H2,39,40,43,48). The van der Waals surface area contributed by atoms with Crippen LogP contribution in [0, 0.1) is 0 Å². The highest BCUT2D eigenvalue weighted by molar-refractivity contribution is 7.89. The largest absolute Gasteiger partial charge is 0.466 e. The summed E-state index contributed by atoms with van der Waals surface area (Å²) in [6.07, 6.45) is 2.17. The zero-order valence-corrected chi connectivity index (χ0v) is 29.0. The van der Waals surface area contributed by atoms with E-state index in [1.54, 1.807) is 12.1 Å². The van der Waals surface area contributed by atoms with Crippen LogP contribution in [0.5, 0.6) is 0 Å². The Balaban J connectivity index is 1.04. The number of ether oxygens (including phenoxy) is 1. The summed E-state index contributed by atoms with van der Waals surface area (Å²) in [7, 11) is -3.70. The minimum Gasteiger partial charge on any atom is -0.466 e. The molecule has 0 saturated carbocycles. The van der Waals surface area contributed by atoms with Crippen molar-refractivity contribution in [3.05, 3.63) is 132 Å². The van der Waals surface area contributed by atoms with Crippen LogP contribution in [0.15, 0.2) is 120 Å². The van der Waals surface area contributed by atoms with Crippen LogP contribution >= 0.6 is 12.2 Å². The van der Waals surface area contributed by atoms with Gasteiger partial charge in [-0.2, -0.15) is 4.31 Å². The Morgan fingerprint density at radius 1 is 0.735 bits per heavy atom. The molecule has 1 amide bonds. The van der Waals surface area contributed by atoms with E-state index in [1.165, 1.54) is 33.1 Å². The van der Waals surface area contributed by atoms with E-state index in [0.29, 0.717) is 44.9 Å². The van der Waals surface area contributed by atoms with Crippen LogP contribution in [0.3, 0.4) is 0 Å². The predicted molar refractivity (Wildman–Crippen MR) is 195 cm³/mol. The predicted octanol–water partition coefficient (Wildman–Crippen LogP) is 5.94. The number of sulfonamides is 1. The maximum absolute atomic E-state index is 13.5. The maximum Gasteiger partial charge on any atom is 0.305 e. The topological polar surface area (TPSA) is 108 Å². The fourth-order valence-corrected chi connectivity index (χ4v) is 7.52. The third kappa shape index (κ3) is 10.5. The Bertz CT molecular complexity index is 1730. The van der Waals surface area contributed by atoms with Gasteiger partial charge in [0.1, 0.15) is 0 Å². The molecule has 11 heteroatoms. The maximum atomic E-state index is 13.5. The minimum atomic E-state index is -3.70. The summed E-state index contributed by atoms with van der Waals surface area (Å²) in [5, 5.41) is 5.61. The summed E-state index contributed by atoms with van der Waals surface area (Å²) in [5.41, 5.74) is 4.09. The zero-order chi connectivity index (χ0) is 34.5. The van der Waals surface area contributed by atoms with Crippen LogP contribution in [0.2, 0.25) is 0 Å². The van der Waals surface area contributed by atoms with Crippen molar-refractivity contribution in [2.45, 2.75) is 43.0 Å². The molecule has 2 N–H and O–H groups in total. The van der Waals surface area contributed by atoms with E-state index in [4.69, 9.17) is 17.0 Å². The summed E-state index contributed by atoms with van der Waals surface area (Å²) in [6.45, 7) is 2.28. The Kier molecular flexibility index (Phi) is 13.1.